The highest BCUT2D eigenvalue weighted by atomic mass is 16.1. The largest absolute Gasteiger partial charge is 0.300 e. The van der Waals surface area contributed by atoms with Gasteiger partial charge in [0.25, 0.3) is 0 Å². The fourth-order valence-electron chi connectivity index (χ4n) is 1.98. The van der Waals surface area contributed by atoms with Gasteiger partial charge in [-0.1, -0.05) is 18.2 Å². The Hall–Kier alpha value is -1.44. The summed E-state index contributed by atoms with van der Waals surface area (Å²) in [5.74, 6) is 0.675. The van der Waals surface area contributed by atoms with Crippen molar-refractivity contribution in [3.63, 3.8) is 0 Å². The molecule has 2 rings (SSSR count). The number of ketones is 1. The van der Waals surface area contributed by atoms with E-state index in [0.29, 0.717) is 30.1 Å². The molecule has 0 N–H and O–H groups in total. The van der Waals surface area contributed by atoms with E-state index in [4.69, 9.17) is 0 Å². The molecule has 0 saturated heterocycles. The van der Waals surface area contributed by atoms with E-state index in [9.17, 15) is 9.59 Å². The summed E-state index contributed by atoms with van der Waals surface area (Å²) in [6.45, 7) is 0. The van der Waals surface area contributed by atoms with E-state index in [0.717, 1.165) is 18.3 Å². The van der Waals surface area contributed by atoms with E-state index in [1.807, 2.05) is 18.2 Å². The van der Waals surface area contributed by atoms with E-state index >= 15 is 0 Å². The van der Waals surface area contributed by atoms with Crippen LogP contribution in [0.5, 0.6) is 0 Å². The number of aldehydes is 1. The van der Waals surface area contributed by atoms with Gasteiger partial charge in [0.1, 0.15) is 12.1 Å². The number of carbonyl (C=O) groups is 2. The van der Waals surface area contributed by atoms with Crippen LogP contribution in [0.15, 0.2) is 24.3 Å². The molecule has 14 heavy (non-hydrogen) atoms. The molecule has 0 amide bonds. The molecule has 1 aromatic carbocycles. The van der Waals surface area contributed by atoms with Gasteiger partial charge < -0.3 is 0 Å². The molecule has 0 aromatic heterocycles. The number of rotatable bonds is 2. The van der Waals surface area contributed by atoms with Crippen molar-refractivity contribution in [2.45, 2.75) is 25.2 Å². The highest BCUT2D eigenvalue weighted by molar-refractivity contribution is 5.82. The van der Waals surface area contributed by atoms with Crippen LogP contribution in [0.3, 0.4) is 0 Å². The van der Waals surface area contributed by atoms with Gasteiger partial charge in [0, 0.05) is 18.4 Å². The van der Waals surface area contributed by atoms with Crippen molar-refractivity contribution in [1.29, 1.82) is 0 Å². The Morgan fingerprint density at radius 1 is 1.36 bits per heavy atom. The second-order valence-corrected chi connectivity index (χ2v) is 3.77. The molecule has 0 bridgehead atoms. The number of benzene rings is 1. The average molecular weight is 188 g/mol. The molecule has 1 aliphatic carbocycles. The lowest BCUT2D eigenvalue weighted by atomic mass is 9.96. The first-order valence-corrected chi connectivity index (χ1v) is 4.86. The first-order valence-electron chi connectivity index (χ1n) is 4.86. The van der Waals surface area contributed by atoms with Crippen LogP contribution in [-0.4, -0.2) is 12.1 Å². The maximum Gasteiger partial charge on any atom is 0.150 e. The monoisotopic (exact) mass is 188 g/mol. The van der Waals surface area contributed by atoms with Gasteiger partial charge in [-0.2, -0.15) is 0 Å². The molecule has 0 heterocycles. The van der Waals surface area contributed by atoms with Gasteiger partial charge in [0.15, 0.2) is 0 Å². The average Bonchev–Trinajstić information content (AvgIpc) is 2.65. The predicted octanol–water partition coefficient (Wildman–Crippen LogP) is 2.34. The summed E-state index contributed by atoms with van der Waals surface area (Å²) in [6.07, 6.45) is 3.11. The van der Waals surface area contributed by atoms with Crippen molar-refractivity contribution in [1.82, 2.24) is 0 Å². The van der Waals surface area contributed by atoms with Crippen molar-refractivity contribution in [2.75, 3.05) is 0 Å². The second kappa shape index (κ2) is 3.74. The minimum Gasteiger partial charge on any atom is -0.300 e. The van der Waals surface area contributed by atoms with Crippen LogP contribution in [-0.2, 0) is 4.79 Å². The zero-order valence-corrected chi connectivity index (χ0v) is 7.90. The summed E-state index contributed by atoms with van der Waals surface area (Å²) >= 11 is 0. The smallest absolute Gasteiger partial charge is 0.150 e. The Kier molecular flexibility index (Phi) is 2.44. The normalized spacial score (nSPS) is 21.1. The van der Waals surface area contributed by atoms with Crippen LogP contribution in [0.25, 0.3) is 0 Å². The molecule has 2 heteroatoms. The van der Waals surface area contributed by atoms with Crippen LogP contribution in [0.1, 0.15) is 41.1 Å². The van der Waals surface area contributed by atoms with Crippen LogP contribution < -0.4 is 0 Å². The minimum absolute atomic E-state index is 0.336. The summed E-state index contributed by atoms with van der Waals surface area (Å²) in [5, 5.41) is 0. The van der Waals surface area contributed by atoms with Crippen molar-refractivity contribution in [3.05, 3.63) is 35.4 Å². The fourth-order valence-corrected chi connectivity index (χ4v) is 1.98. The first kappa shape index (κ1) is 9.13. The SMILES string of the molecule is O=Cc1cccc(C2CCC(=O)C2)c1. The van der Waals surface area contributed by atoms with Gasteiger partial charge in [0.2, 0.25) is 0 Å². The molecule has 0 aliphatic heterocycles. The summed E-state index contributed by atoms with van der Waals surface area (Å²) in [7, 11) is 0. The third-order valence-electron chi connectivity index (χ3n) is 2.76. The fraction of sp³-hybridized carbons (Fsp3) is 0.333. The summed E-state index contributed by atoms with van der Waals surface area (Å²) in [4.78, 5) is 21.7. The first-order chi connectivity index (χ1) is 6.79. The summed E-state index contributed by atoms with van der Waals surface area (Å²) < 4.78 is 0. The molecule has 1 aliphatic rings. The molecule has 1 saturated carbocycles. The second-order valence-electron chi connectivity index (χ2n) is 3.77. The van der Waals surface area contributed by atoms with Gasteiger partial charge in [-0.15, -0.1) is 0 Å². The molecule has 1 aromatic rings. The van der Waals surface area contributed by atoms with E-state index in [-0.39, 0.29) is 0 Å². The van der Waals surface area contributed by atoms with Crippen LogP contribution in [0.2, 0.25) is 0 Å². The standard InChI is InChI=1S/C12H12O2/c13-8-9-2-1-3-10(6-9)11-4-5-12(14)7-11/h1-3,6,8,11H,4-5,7H2. The van der Waals surface area contributed by atoms with Crippen LogP contribution in [0, 0.1) is 0 Å². The maximum absolute atomic E-state index is 11.1. The molecular formula is C12H12O2. The molecule has 2 nitrogen and oxygen atoms in total. The number of hydrogen-bond donors (Lipinski definition) is 0. The maximum atomic E-state index is 11.1. The lowest BCUT2D eigenvalue weighted by molar-refractivity contribution is -0.117. The highest BCUT2D eigenvalue weighted by Crippen LogP contribution is 2.31. The van der Waals surface area contributed by atoms with Gasteiger partial charge in [-0.3, -0.25) is 9.59 Å². The topological polar surface area (TPSA) is 34.1 Å². The molecule has 72 valence electrons. The van der Waals surface area contributed by atoms with Crippen molar-refractivity contribution in [3.8, 4) is 0 Å². The van der Waals surface area contributed by atoms with Crippen LogP contribution in [0.4, 0.5) is 0 Å². The predicted molar refractivity (Wildman–Crippen MR) is 53.4 cm³/mol. The Morgan fingerprint density at radius 2 is 2.21 bits per heavy atom. The van der Waals surface area contributed by atoms with E-state index in [2.05, 4.69) is 0 Å². The van der Waals surface area contributed by atoms with Crippen molar-refractivity contribution < 1.29 is 9.59 Å². The molecule has 0 radical (unpaired) electrons. The molecule has 1 fully saturated rings. The van der Waals surface area contributed by atoms with E-state index < -0.39 is 0 Å². The molecule has 0 spiro atoms. The molecule has 1 atom stereocenters. The van der Waals surface area contributed by atoms with E-state index in [1.165, 1.54) is 0 Å². The van der Waals surface area contributed by atoms with Crippen molar-refractivity contribution in [2.24, 2.45) is 0 Å². The number of Topliss-reactive ketones (excluding diaryl/α,β-unsaturated/α-hetero) is 1. The third-order valence-corrected chi connectivity index (χ3v) is 2.76. The van der Waals surface area contributed by atoms with Gasteiger partial charge in [-0.25, -0.2) is 0 Å². The van der Waals surface area contributed by atoms with E-state index in [1.54, 1.807) is 6.07 Å². The lowest BCUT2D eigenvalue weighted by Gasteiger charge is -2.08. The van der Waals surface area contributed by atoms with Gasteiger partial charge >= 0.3 is 0 Å². The number of hydrogen-bond acceptors (Lipinski definition) is 2. The van der Waals surface area contributed by atoms with Gasteiger partial charge in [-0.05, 0) is 24.0 Å². The van der Waals surface area contributed by atoms with Crippen molar-refractivity contribution >= 4 is 12.1 Å². The lowest BCUT2D eigenvalue weighted by Crippen LogP contribution is -1.95. The Balaban J connectivity index is 2.23. The highest BCUT2D eigenvalue weighted by Gasteiger charge is 2.23. The minimum atomic E-state index is 0.336. The Bertz CT molecular complexity index is 368. The zero-order chi connectivity index (χ0) is 9.97. The summed E-state index contributed by atoms with van der Waals surface area (Å²) in [5.41, 5.74) is 1.82. The zero-order valence-electron chi connectivity index (χ0n) is 7.90. The summed E-state index contributed by atoms with van der Waals surface area (Å²) in [6, 6.07) is 7.54. The number of carbonyl (C=O) groups excluding carboxylic acids is 2. The Labute approximate surface area is 82.9 Å². The van der Waals surface area contributed by atoms with Gasteiger partial charge in [0.05, 0.1) is 0 Å². The quantitative estimate of drug-likeness (QED) is 0.667. The van der Waals surface area contributed by atoms with Crippen LogP contribution >= 0.6 is 0 Å². The molecule has 1 unspecified atom stereocenters. The Morgan fingerprint density at radius 3 is 2.86 bits per heavy atom. The molecular weight excluding hydrogens is 176 g/mol. The third kappa shape index (κ3) is 1.74.